The summed E-state index contributed by atoms with van der Waals surface area (Å²) in [6, 6.07) is 29.8. The van der Waals surface area contributed by atoms with Crippen LogP contribution >= 0.6 is 0 Å². The third-order valence-electron chi connectivity index (χ3n) is 6.65. The van der Waals surface area contributed by atoms with E-state index in [1.165, 1.54) is 0 Å². The smallest absolute Gasteiger partial charge is 0.407 e. The minimum absolute atomic E-state index is 0.0113. The predicted octanol–water partition coefficient (Wildman–Crippen LogP) is 4.59. The summed E-state index contributed by atoms with van der Waals surface area (Å²) >= 11 is 0. The molecule has 2 unspecified atom stereocenters. The number of hydrogen-bond acceptors (Lipinski definition) is 7. The van der Waals surface area contributed by atoms with E-state index in [0.717, 1.165) is 27.9 Å². The number of benzene rings is 3. The molecule has 0 aliphatic carbocycles. The van der Waals surface area contributed by atoms with Crippen molar-refractivity contribution in [3.63, 3.8) is 0 Å². The fraction of sp³-hybridized carbons (Fsp3) is 0.235. The number of carboxylic acid groups (broad SMARTS) is 1. The van der Waals surface area contributed by atoms with Crippen molar-refractivity contribution in [3.8, 4) is 11.1 Å². The minimum atomic E-state index is -1.23. The molecule has 0 radical (unpaired) electrons. The Kier molecular flexibility index (Phi) is 11.8. The number of carbonyl (C=O) groups excluding carboxylic acids is 2. The Morgan fingerprint density at radius 2 is 1.45 bits per heavy atom. The maximum absolute atomic E-state index is 13.3. The molecule has 44 heavy (non-hydrogen) atoms. The van der Waals surface area contributed by atoms with Crippen LogP contribution in [0.15, 0.2) is 103 Å². The third-order valence-corrected chi connectivity index (χ3v) is 6.65. The Morgan fingerprint density at radius 3 is 2.14 bits per heavy atom. The summed E-state index contributed by atoms with van der Waals surface area (Å²) in [5.41, 5.74) is 4.50. The Labute approximate surface area is 256 Å². The summed E-state index contributed by atoms with van der Waals surface area (Å²) in [4.78, 5) is 42.3. The van der Waals surface area contributed by atoms with Gasteiger partial charge in [-0.1, -0.05) is 91.0 Å². The standard InChI is InChI=1S/C34H36N4O6/c1-24-9-8-14-31(36-24)35-19-20-44-34(42)38-30(23-43-22-26-10-4-2-5-11-26)32(39)37-29(33(40)41)21-25-15-17-28(18-16-25)27-12-6-3-7-13-27/h2-18,29-30H,19-23H2,1H3,(H,35,36)(H,37,39)(H,38,42)(H,40,41). The van der Waals surface area contributed by atoms with E-state index >= 15 is 0 Å². The summed E-state index contributed by atoms with van der Waals surface area (Å²) in [5.74, 6) is -1.26. The number of carbonyl (C=O) groups is 3. The number of ether oxygens (including phenoxy) is 2. The van der Waals surface area contributed by atoms with E-state index in [-0.39, 0.29) is 26.2 Å². The summed E-state index contributed by atoms with van der Waals surface area (Å²) in [5, 5.41) is 18.0. The lowest BCUT2D eigenvalue weighted by molar-refractivity contribution is -0.142. The number of nitrogens with zero attached hydrogens (tertiary/aromatic N) is 1. The number of amides is 2. The van der Waals surface area contributed by atoms with Crippen LogP contribution in [0.1, 0.15) is 16.8 Å². The largest absolute Gasteiger partial charge is 0.480 e. The van der Waals surface area contributed by atoms with E-state index in [2.05, 4.69) is 20.9 Å². The number of aliphatic carboxylic acids is 1. The summed E-state index contributed by atoms with van der Waals surface area (Å²) in [6.45, 7) is 2.19. The van der Waals surface area contributed by atoms with Crippen molar-refractivity contribution in [1.82, 2.24) is 15.6 Å². The maximum atomic E-state index is 13.3. The van der Waals surface area contributed by atoms with Gasteiger partial charge in [-0.05, 0) is 41.3 Å². The van der Waals surface area contributed by atoms with Crippen molar-refractivity contribution in [2.24, 2.45) is 0 Å². The fourth-order valence-corrected chi connectivity index (χ4v) is 4.37. The van der Waals surface area contributed by atoms with Gasteiger partial charge in [-0.3, -0.25) is 4.79 Å². The van der Waals surface area contributed by atoms with Gasteiger partial charge in [-0.15, -0.1) is 0 Å². The van der Waals surface area contributed by atoms with Gasteiger partial charge < -0.3 is 30.5 Å². The van der Waals surface area contributed by atoms with E-state index < -0.39 is 30.1 Å². The molecule has 10 nitrogen and oxygen atoms in total. The summed E-state index contributed by atoms with van der Waals surface area (Å²) in [6.07, 6.45) is -0.785. The van der Waals surface area contributed by atoms with Gasteiger partial charge in [-0.25, -0.2) is 14.6 Å². The van der Waals surface area contributed by atoms with Crippen molar-refractivity contribution in [2.45, 2.75) is 32.0 Å². The fourth-order valence-electron chi connectivity index (χ4n) is 4.37. The topological polar surface area (TPSA) is 139 Å². The van der Waals surface area contributed by atoms with Crippen LogP contribution in [0.3, 0.4) is 0 Å². The molecule has 3 aromatic carbocycles. The second kappa shape index (κ2) is 16.4. The molecule has 228 valence electrons. The molecular weight excluding hydrogens is 560 g/mol. The SMILES string of the molecule is Cc1cccc(NCCOC(=O)NC(COCc2ccccc2)C(=O)NC(Cc2ccc(-c3ccccc3)cc2)C(=O)O)n1. The summed E-state index contributed by atoms with van der Waals surface area (Å²) in [7, 11) is 0. The lowest BCUT2D eigenvalue weighted by atomic mass is 10.0. The molecule has 4 rings (SSSR count). The Hall–Kier alpha value is -5.22. The molecule has 2 amide bonds. The lowest BCUT2D eigenvalue weighted by Gasteiger charge is -2.21. The maximum Gasteiger partial charge on any atom is 0.407 e. The lowest BCUT2D eigenvalue weighted by Crippen LogP contribution is -2.54. The average molecular weight is 597 g/mol. The zero-order valence-electron chi connectivity index (χ0n) is 24.4. The molecule has 0 aliphatic heterocycles. The minimum Gasteiger partial charge on any atom is -0.480 e. The molecule has 0 spiro atoms. The number of hydrogen-bond donors (Lipinski definition) is 4. The predicted molar refractivity (Wildman–Crippen MR) is 167 cm³/mol. The van der Waals surface area contributed by atoms with Crippen LogP contribution in [0.2, 0.25) is 0 Å². The Bertz CT molecular complexity index is 1500. The molecule has 1 aromatic heterocycles. The van der Waals surface area contributed by atoms with Gasteiger partial charge in [0.05, 0.1) is 19.8 Å². The monoisotopic (exact) mass is 596 g/mol. The van der Waals surface area contributed by atoms with Crippen molar-refractivity contribution >= 4 is 23.8 Å². The first-order chi connectivity index (χ1) is 21.4. The molecular formula is C34H36N4O6. The second-order valence-corrected chi connectivity index (χ2v) is 10.1. The van der Waals surface area contributed by atoms with Gasteiger partial charge in [0.15, 0.2) is 0 Å². The van der Waals surface area contributed by atoms with Crippen LogP contribution in [0, 0.1) is 6.92 Å². The highest BCUT2D eigenvalue weighted by Crippen LogP contribution is 2.20. The van der Waals surface area contributed by atoms with Crippen LogP contribution < -0.4 is 16.0 Å². The van der Waals surface area contributed by atoms with Crippen molar-refractivity contribution in [2.75, 3.05) is 25.1 Å². The van der Waals surface area contributed by atoms with Crippen LogP contribution in [-0.4, -0.2) is 59.9 Å². The molecule has 4 N–H and O–H groups in total. The van der Waals surface area contributed by atoms with Gasteiger partial charge in [0.2, 0.25) is 5.91 Å². The number of aryl methyl sites for hydroxylation is 1. The number of anilines is 1. The van der Waals surface area contributed by atoms with E-state index in [1.807, 2.05) is 104 Å². The van der Waals surface area contributed by atoms with E-state index in [4.69, 9.17) is 9.47 Å². The molecule has 0 aliphatic rings. The third kappa shape index (κ3) is 10.2. The van der Waals surface area contributed by atoms with Crippen LogP contribution in [-0.2, 0) is 32.1 Å². The molecule has 0 fully saturated rings. The van der Waals surface area contributed by atoms with Gasteiger partial charge in [0.1, 0.15) is 24.5 Å². The number of carboxylic acids is 1. The second-order valence-electron chi connectivity index (χ2n) is 10.1. The zero-order valence-corrected chi connectivity index (χ0v) is 24.4. The Morgan fingerprint density at radius 1 is 0.773 bits per heavy atom. The first kappa shape index (κ1) is 31.7. The number of nitrogens with one attached hydrogen (secondary N) is 3. The highest BCUT2D eigenvalue weighted by Gasteiger charge is 2.27. The number of rotatable bonds is 15. The number of alkyl carbamates (subject to hydrolysis) is 1. The summed E-state index contributed by atoms with van der Waals surface area (Å²) < 4.78 is 11.0. The number of aromatic nitrogens is 1. The average Bonchev–Trinajstić information content (AvgIpc) is 3.03. The first-order valence-corrected chi connectivity index (χ1v) is 14.3. The number of pyridine rings is 1. The van der Waals surface area contributed by atoms with Gasteiger partial charge in [-0.2, -0.15) is 0 Å². The quantitative estimate of drug-likeness (QED) is 0.146. The Balaban J connectivity index is 1.35. The first-order valence-electron chi connectivity index (χ1n) is 14.3. The van der Waals surface area contributed by atoms with Crippen LogP contribution in [0.5, 0.6) is 0 Å². The molecule has 0 bridgehead atoms. The molecule has 0 saturated carbocycles. The molecule has 1 heterocycles. The van der Waals surface area contributed by atoms with E-state index in [0.29, 0.717) is 12.4 Å². The molecule has 4 aromatic rings. The zero-order chi connectivity index (χ0) is 31.1. The highest BCUT2D eigenvalue weighted by atomic mass is 16.5. The molecule has 10 heteroatoms. The molecule has 0 saturated heterocycles. The van der Waals surface area contributed by atoms with Crippen molar-refractivity contribution < 1.29 is 29.0 Å². The normalized spacial score (nSPS) is 12.0. The van der Waals surface area contributed by atoms with E-state index in [9.17, 15) is 19.5 Å². The van der Waals surface area contributed by atoms with Crippen LogP contribution in [0.4, 0.5) is 10.6 Å². The molecule has 2 atom stereocenters. The van der Waals surface area contributed by atoms with Gasteiger partial charge in [0, 0.05) is 12.1 Å². The van der Waals surface area contributed by atoms with Crippen LogP contribution in [0.25, 0.3) is 11.1 Å². The van der Waals surface area contributed by atoms with Gasteiger partial charge in [0.25, 0.3) is 0 Å². The van der Waals surface area contributed by atoms with Gasteiger partial charge >= 0.3 is 12.1 Å². The highest BCUT2D eigenvalue weighted by molar-refractivity contribution is 5.89. The van der Waals surface area contributed by atoms with Crippen molar-refractivity contribution in [3.05, 3.63) is 120 Å². The van der Waals surface area contributed by atoms with Crippen molar-refractivity contribution in [1.29, 1.82) is 0 Å². The van der Waals surface area contributed by atoms with E-state index in [1.54, 1.807) is 6.07 Å².